The van der Waals surface area contributed by atoms with Crippen molar-refractivity contribution in [3.8, 4) is 0 Å². The van der Waals surface area contributed by atoms with E-state index < -0.39 is 12.0 Å². The third kappa shape index (κ3) is 4.08. The lowest BCUT2D eigenvalue weighted by atomic mass is 10.1. The Morgan fingerprint density at radius 1 is 1.29 bits per heavy atom. The first-order valence-electron chi connectivity index (χ1n) is 7.96. The number of carboxylic acids is 1. The minimum Gasteiger partial charge on any atom is -0.478 e. The highest BCUT2D eigenvalue weighted by Crippen LogP contribution is 2.23. The molecule has 0 aromatic heterocycles. The summed E-state index contributed by atoms with van der Waals surface area (Å²) in [6.07, 6.45) is 0.101. The predicted molar refractivity (Wildman–Crippen MR) is 93.0 cm³/mol. The Hall–Kier alpha value is -2.02. The normalized spacial score (nSPS) is 16.9. The Balaban J connectivity index is 2.09. The molecule has 1 aromatic rings. The van der Waals surface area contributed by atoms with E-state index in [1.165, 1.54) is 12.1 Å². The summed E-state index contributed by atoms with van der Waals surface area (Å²) in [5, 5.41) is 9.04. The molecule has 1 atom stereocenters. The van der Waals surface area contributed by atoms with Gasteiger partial charge in [0.1, 0.15) is 6.04 Å². The number of rotatable bonds is 6. The second-order valence-electron chi connectivity index (χ2n) is 5.57. The van der Waals surface area contributed by atoms with Gasteiger partial charge in [0, 0.05) is 18.8 Å². The van der Waals surface area contributed by atoms with E-state index in [-0.39, 0.29) is 23.8 Å². The van der Waals surface area contributed by atoms with Gasteiger partial charge in [-0.15, -0.1) is 11.8 Å². The van der Waals surface area contributed by atoms with E-state index in [1.54, 1.807) is 33.7 Å². The lowest BCUT2D eigenvalue weighted by Gasteiger charge is -2.28. The van der Waals surface area contributed by atoms with Crippen LogP contribution in [0.2, 0.25) is 0 Å². The summed E-state index contributed by atoms with van der Waals surface area (Å²) < 4.78 is 0. The van der Waals surface area contributed by atoms with E-state index >= 15 is 0 Å². The third-order valence-corrected chi connectivity index (χ3v) is 5.10. The topological polar surface area (TPSA) is 77.9 Å². The molecule has 0 saturated carbocycles. The third-order valence-electron chi connectivity index (χ3n) is 4.09. The molecular formula is C17H22N2O4S. The maximum absolute atomic E-state index is 12.6. The summed E-state index contributed by atoms with van der Waals surface area (Å²) in [4.78, 5) is 39.5. The molecule has 1 unspecified atom stereocenters. The smallest absolute Gasteiger partial charge is 0.335 e. The van der Waals surface area contributed by atoms with Gasteiger partial charge in [0.25, 0.3) is 0 Å². The molecule has 130 valence electrons. The predicted octanol–water partition coefficient (Wildman–Crippen LogP) is 1.70. The molecule has 1 aliphatic heterocycles. The Morgan fingerprint density at radius 3 is 2.62 bits per heavy atom. The molecule has 1 fully saturated rings. The number of amides is 2. The van der Waals surface area contributed by atoms with Crippen molar-refractivity contribution in [2.45, 2.75) is 26.3 Å². The number of thioether (sulfide) groups is 1. The number of nitrogens with zero attached hydrogens (tertiary/aromatic N) is 2. The highest BCUT2D eigenvalue weighted by molar-refractivity contribution is 7.99. The van der Waals surface area contributed by atoms with E-state index in [2.05, 4.69) is 0 Å². The summed E-state index contributed by atoms with van der Waals surface area (Å²) in [6.45, 7) is 5.10. The van der Waals surface area contributed by atoms with Crippen LogP contribution >= 0.6 is 11.8 Å². The van der Waals surface area contributed by atoms with Gasteiger partial charge in [0.05, 0.1) is 17.9 Å². The van der Waals surface area contributed by atoms with Crippen LogP contribution in [-0.4, -0.2) is 63.5 Å². The van der Waals surface area contributed by atoms with Gasteiger partial charge >= 0.3 is 5.97 Å². The van der Waals surface area contributed by atoms with Gasteiger partial charge in [-0.2, -0.15) is 0 Å². The molecule has 1 N–H and O–H groups in total. The molecule has 2 amide bonds. The van der Waals surface area contributed by atoms with Crippen molar-refractivity contribution in [2.24, 2.45) is 0 Å². The van der Waals surface area contributed by atoms with Crippen molar-refractivity contribution >= 4 is 29.5 Å². The fraction of sp³-hybridized carbons (Fsp3) is 0.471. The van der Waals surface area contributed by atoms with Gasteiger partial charge in [-0.25, -0.2) is 4.79 Å². The number of benzene rings is 1. The number of hydrogen-bond acceptors (Lipinski definition) is 4. The number of likely N-dealkylation sites (N-methyl/N-ethyl adjacent to an activating group) is 1. The van der Waals surface area contributed by atoms with E-state index in [1.807, 2.05) is 13.8 Å². The highest BCUT2D eigenvalue weighted by Gasteiger charge is 2.36. The van der Waals surface area contributed by atoms with Crippen molar-refractivity contribution < 1.29 is 19.5 Å². The SMILES string of the molecule is CCN(CC)C(=O)C1CSCN1C(=O)Cc1cccc(C(=O)O)c1. The zero-order chi connectivity index (χ0) is 17.7. The molecular weight excluding hydrogens is 328 g/mol. The highest BCUT2D eigenvalue weighted by atomic mass is 32.2. The van der Waals surface area contributed by atoms with E-state index in [9.17, 15) is 14.4 Å². The lowest BCUT2D eigenvalue weighted by Crippen LogP contribution is -2.49. The van der Waals surface area contributed by atoms with E-state index in [0.717, 1.165) is 0 Å². The second-order valence-corrected chi connectivity index (χ2v) is 6.57. The zero-order valence-electron chi connectivity index (χ0n) is 13.9. The largest absolute Gasteiger partial charge is 0.478 e. The van der Waals surface area contributed by atoms with Crippen LogP contribution < -0.4 is 0 Å². The monoisotopic (exact) mass is 350 g/mol. The maximum atomic E-state index is 12.6. The fourth-order valence-corrected chi connectivity index (χ4v) is 3.90. The minimum absolute atomic E-state index is 0.0161. The number of carbonyl (C=O) groups excluding carboxylic acids is 2. The Kier molecular flexibility index (Phi) is 6.25. The fourth-order valence-electron chi connectivity index (χ4n) is 2.73. The Labute approximate surface area is 145 Å². The van der Waals surface area contributed by atoms with Crippen LogP contribution in [0.5, 0.6) is 0 Å². The molecule has 1 saturated heterocycles. The van der Waals surface area contributed by atoms with E-state index in [4.69, 9.17) is 5.11 Å². The van der Waals surface area contributed by atoms with Crippen LogP contribution in [-0.2, 0) is 16.0 Å². The summed E-state index contributed by atoms with van der Waals surface area (Å²) in [7, 11) is 0. The average molecular weight is 350 g/mol. The second kappa shape index (κ2) is 8.19. The molecule has 1 aromatic carbocycles. The molecule has 0 spiro atoms. The van der Waals surface area contributed by atoms with Crippen molar-refractivity contribution in [2.75, 3.05) is 24.7 Å². The summed E-state index contributed by atoms with van der Waals surface area (Å²) in [5.74, 6) is -0.0768. The van der Waals surface area contributed by atoms with Crippen molar-refractivity contribution in [3.63, 3.8) is 0 Å². The number of hydrogen-bond donors (Lipinski definition) is 1. The molecule has 0 aliphatic carbocycles. The quantitative estimate of drug-likeness (QED) is 0.845. The first kappa shape index (κ1) is 18.3. The molecule has 0 bridgehead atoms. The van der Waals surface area contributed by atoms with Crippen LogP contribution in [0.1, 0.15) is 29.8 Å². The number of carboxylic acid groups (broad SMARTS) is 1. The van der Waals surface area contributed by atoms with Crippen LogP contribution in [0.3, 0.4) is 0 Å². The Morgan fingerprint density at radius 2 is 2.00 bits per heavy atom. The van der Waals surface area contributed by atoms with Crippen LogP contribution in [0.4, 0.5) is 0 Å². The van der Waals surface area contributed by atoms with Crippen LogP contribution in [0, 0.1) is 0 Å². The minimum atomic E-state index is -1.02. The first-order valence-corrected chi connectivity index (χ1v) is 9.11. The summed E-state index contributed by atoms with van der Waals surface area (Å²) in [5.41, 5.74) is 0.803. The molecule has 6 nitrogen and oxygen atoms in total. The van der Waals surface area contributed by atoms with Crippen LogP contribution in [0.15, 0.2) is 24.3 Å². The van der Waals surface area contributed by atoms with Crippen LogP contribution in [0.25, 0.3) is 0 Å². The summed E-state index contributed by atoms with van der Waals surface area (Å²) in [6, 6.07) is 5.93. The maximum Gasteiger partial charge on any atom is 0.335 e. The van der Waals surface area contributed by atoms with Crippen molar-refractivity contribution in [1.29, 1.82) is 0 Å². The van der Waals surface area contributed by atoms with E-state index in [0.29, 0.717) is 30.3 Å². The Bertz CT molecular complexity index is 631. The van der Waals surface area contributed by atoms with Gasteiger partial charge < -0.3 is 14.9 Å². The molecule has 1 aliphatic rings. The van der Waals surface area contributed by atoms with Gasteiger partial charge in [-0.3, -0.25) is 9.59 Å². The number of carbonyl (C=O) groups is 3. The first-order chi connectivity index (χ1) is 11.5. The zero-order valence-corrected chi connectivity index (χ0v) is 14.7. The summed E-state index contributed by atoms with van der Waals surface area (Å²) >= 11 is 1.57. The lowest BCUT2D eigenvalue weighted by molar-refractivity contribution is -0.142. The van der Waals surface area contributed by atoms with Crippen molar-refractivity contribution in [1.82, 2.24) is 9.80 Å². The van der Waals surface area contributed by atoms with Gasteiger partial charge in [0.2, 0.25) is 11.8 Å². The average Bonchev–Trinajstić information content (AvgIpc) is 3.05. The molecule has 0 radical (unpaired) electrons. The van der Waals surface area contributed by atoms with Gasteiger partial charge in [-0.1, -0.05) is 12.1 Å². The molecule has 7 heteroatoms. The van der Waals surface area contributed by atoms with Crippen molar-refractivity contribution in [3.05, 3.63) is 35.4 Å². The molecule has 1 heterocycles. The van der Waals surface area contributed by atoms with Gasteiger partial charge in [0.15, 0.2) is 0 Å². The molecule has 24 heavy (non-hydrogen) atoms. The molecule has 2 rings (SSSR count). The standard InChI is InChI=1S/C17H22N2O4S/c1-3-18(4-2)16(21)14-10-24-11-19(14)15(20)9-12-6-5-7-13(8-12)17(22)23/h5-8,14H,3-4,9-11H2,1-2H3,(H,22,23). The number of aromatic carboxylic acids is 1. The van der Waals surface area contributed by atoms with Gasteiger partial charge in [-0.05, 0) is 31.5 Å².